The van der Waals surface area contributed by atoms with Crippen molar-refractivity contribution in [1.82, 2.24) is 9.97 Å². The summed E-state index contributed by atoms with van der Waals surface area (Å²) in [5.41, 5.74) is -0.955. The molecule has 6 nitrogen and oxygen atoms in total. The number of hydrogen-bond donors (Lipinski definition) is 1. The molecule has 11 heteroatoms. The van der Waals surface area contributed by atoms with E-state index in [1.54, 1.807) is 19.9 Å². The van der Waals surface area contributed by atoms with Gasteiger partial charge in [0.2, 0.25) is 0 Å². The highest BCUT2D eigenvalue weighted by Gasteiger charge is 2.37. The summed E-state index contributed by atoms with van der Waals surface area (Å²) in [6, 6.07) is 3.63. The molecule has 1 heterocycles. The topological polar surface area (TPSA) is 89.0 Å². The molecule has 1 aromatic carbocycles. The van der Waals surface area contributed by atoms with Crippen molar-refractivity contribution in [3.63, 3.8) is 0 Å². The molecule has 33 heavy (non-hydrogen) atoms. The van der Waals surface area contributed by atoms with Crippen LogP contribution in [0.2, 0.25) is 0 Å². The monoisotopic (exact) mass is 487 g/mol. The molecule has 0 fully saturated rings. The molecule has 2 aromatic rings. The van der Waals surface area contributed by atoms with Gasteiger partial charge in [-0.15, -0.1) is 0 Å². The van der Waals surface area contributed by atoms with Crippen molar-refractivity contribution in [2.24, 2.45) is 5.92 Å². The second kappa shape index (κ2) is 10.4. The molecule has 0 saturated carbocycles. The van der Waals surface area contributed by atoms with Gasteiger partial charge >= 0.3 is 6.18 Å². The van der Waals surface area contributed by atoms with Gasteiger partial charge in [0.15, 0.2) is 27.1 Å². The maximum atomic E-state index is 13.8. The van der Waals surface area contributed by atoms with E-state index in [1.807, 2.05) is 0 Å². The quantitative estimate of drug-likeness (QED) is 0.383. The van der Waals surface area contributed by atoms with Crippen LogP contribution in [0.1, 0.15) is 60.2 Å². The summed E-state index contributed by atoms with van der Waals surface area (Å²) in [6.07, 6.45) is -1.47. The Labute approximate surface area is 190 Å². The van der Waals surface area contributed by atoms with Gasteiger partial charge in [0.1, 0.15) is 5.82 Å². The number of rotatable bonds is 9. The summed E-state index contributed by atoms with van der Waals surface area (Å²) in [4.78, 5) is 19.6. The molecule has 0 radical (unpaired) electrons. The van der Waals surface area contributed by atoms with Gasteiger partial charge in [-0.2, -0.15) is 13.2 Å². The fourth-order valence-electron chi connectivity index (χ4n) is 3.09. The Kier molecular flexibility index (Phi) is 8.34. The predicted octanol–water partition coefficient (Wildman–Crippen LogP) is 5.27. The lowest BCUT2D eigenvalue weighted by atomic mass is 10.0. The minimum atomic E-state index is -4.86. The molecule has 2 atom stereocenters. The van der Waals surface area contributed by atoms with Gasteiger partial charge in [-0.25, -0.2) is 22.8 Å². The second-order valence-electron chi connectivity index (χ2n) is 7.87. The number of carbonyl (C=O) groups excluding carboxylic acids is 1. The summed E-state index contributed by atoms with van der Waals surface area (Å²) in [5, 5.41) is 3.68. The van der Waals surface area contributed by atoms with E-state index in [-0.39, 0.29) is 18.8 Å². The molecule has 0 aliphatic heterocycles. The van der Waals surface area contributed by atoms with Gasteiger partial charge < -0.3 is 5.32 Å². The molecule has 1 aromatic heterocycles. The third-order valence-electron chi connectivity index (χ3n) is 4.94. The summed E-state index contributed by atoms with van der Waals surface area (Å²) in [6.45, 7) is 4.78. The molecule has 0 aliphatic rings. The highest BCUT2D eigenvalue weighted by Crippen LogP contribution is 2.35. The van der Waals surface area contributed by atoms with Gasteiger partial charge in [0, 0.05) is 24.1 Å². The zero-order valence-electron chi connectivity index (χ0n) is 18.6. The lowest BCUT2D eigenvalue weighted by molar-refractivity contribution is -0.140. The van der Waals surface area contributed by atoms with Crippen molar-refractivity contribution in [1.29, 1.82) is 0 Å². The number of halogens is 4. The van der Waals surface area contributed by atoms with Crippen molar-refractivity contribution in [3.8, 4) is 0 Å². The summed E-state index contributed by atoms with van der Waals surface area (Å²) in [5.74, 6) is -2.04. The minimum absolute atomic E-state index is 0.155. The van der Waals surface area contributed by atoms with Crippen molar-refractivity contribution in [3.05, 3.63) is 64.3 Å². The average molecular weight is 488 g/mol. The largest absolute Gasteiger partial charge is 0.435 e. The zero-order chi connectivity index (χ0) is 25.0. The van der Waals surface area contributed by atoms with E-state index in [4.69, 9.17) is 0 Å². The number of nitrogens with one attached hydrogen (secondary N) is 1. The van der Waals surface area contributed by atoms with E-state index in [1.165, 1.54) is 25.1 Å². The second-order valence-corrected chi connectivity index (χ2v) is 9.80. The lowest BCUT2D eigenvalue weighted by Gasteiger charge is -2.20. The van der Waals surface area contributed by atoms with E-state index in [0.717, 1.165) is 17.9 Å². The maximum absolute atomic E-state index is 13.8. The Hall–Kier alpha value is -2.82. The molecule has 0 aliphatic carbocycles. The van der Waals surface area contributed by atoms with Gasteiger partial charge in [-0.3, -0.25) is 4.79 Å². The van der Waals surface area contributed by atoms with Crippen molar-refractivity contribution in [2.45, 2.75) is 45.8 Å². The van der Waals surface area contributed by atoms with Crippen LogP contribution in [-0.2, 0) is 16.0 Å². The SMILES string of the molecule is Cc1c(F)cccc1[C@@H](C)Nc1cnc(C(=O)CC[C@H](C)/C=C/S(C)(=O)=O)nc1C(F)(F)F. The van der Waals surface area contributed by atoms with Crippen LogP contribution in [0.5, 0.6) is 0 Å². The number of nitrogens with zero attached hydrogens (tertiary/aromatic N) is 2. The first-order chi connectivity index (χ1) is 15.2. The molecular weight excluding hydrogens is 462 g/mol. The van der Waals surface area contributed by atoms with Gasteiger partial charge in [0.05, 0.1) is 11.9 Å². The van der Waals surface area contributed by atoms with Crippen molar-refractivity contribution in [2.75, 3.05) is 11.6 Å². The molecule has 2 rings (SSSR count). The summed E-state index contributed by atoms with van der Waals surface area (Å²) in [7, 11) is -3.31. The van der Waals surface area contributed by atoms with E-state index < -0.39 is 50.9 Å². The first-order valence-corrected chi connectivity index (χ1v) is 12.0. The molecular formula is C22H25F4N3O3S. The molecule has 1 N–H and O–H groups in total. The van der Waals surface area contributed by atoms with E-state index >= 15 is 0 Å². The number of allylic oxidation sites excluding steroid dienone is 1. The van der Waals surface area contributed by atoms with E-state index in [9.17, 15) is 30.8 Å². The van der Waals surface area contributed by atoms with Crippen LogP contribution in [0.15, 0.2) is 35.9 Å². The molecule has 0 bridgehead atoms. The zero-order valence-corrected chi connectivity index (χ0v) is 19.4. The van der Waals surface area contributed by atoms with Crippen LogP contribution in [-0.4, -0.2) is 30.4 Å². The normalized spacial score (nSPS) is 14.3. The van der Waals surface area contributed by atoms with Crippen LogP contribution in [0.25, 0.3) is 0 Å². The Morgan fingerprint density at radius 3 is 2.52 bits per heavy atom. The fourth-order valence-corrected chi connectivity index (χ4v) is 3.64. The Balaban J connectivity index is 2.22. The first kappa shape index (κ1) is 26.4. The number of Topliss-reactive ketones (excluding diaryl/α,β-unsaturated/α-hetero) is 1. The molecule has 0 amide bonds. The van der Waals surface area contributed by atoms with Crippen LogP contribution in [0.3, 0.4) is 0 Å². The standard InChI is InChI=1S/C22H25F4N3O3S/c1-13(10-11-33(4,31)32)8-9-19(30)21-27-12-18(20(29-21)22(24,25)26)28-15(3)16-6-5-7-17(23)14(16)2/h5-7,10-13,15,28H,8-9H2,1-4H3/b11-10+/t13-,15+/m0/s1. The number of aromatic nitrogens is 2. The van der Waals surface area contributed by atoms with Crippen molar-refractivity contribution < 1.29 is 30.8 Å². The molecule has 0 unspecified atom stereocenters. The predicted molar refractivity (Wildman–Crippen MR) is 117 cm³/mol. The number of anilines is 1. The van der Waals surface area contributed by atoms with Crippen LogP contribution >= 0.6 is 0 Å². The number of sulfone groups is 1. The number of alkyl halides is 3. The summed E-state index contributed by atoms with van der Waals surface area (Å²) < 4.78 is 77.1. The van der Waals surface area contributed by atoms with E-state index in [0.29, 0.717) is 11.1 Å². The average Bonchev–Trinajstić information content (AvgIpc) is 2.71. The van der Waals surface area contributed by atoms with Gasteiger partial charge in [0.25, 0.3) is 0 Å². The minimum Gasteiger partial charge on any atom is -0.376 e. The molecule has 0 saturated heterocycles. The third-order valence-corrected chi connectivity index (χ3v) is 5.59. The number of carbonyl (C=O) groups is 1. The number of benzene rings is 1. The van der Waals surface area contributed by atoms with Crippen LogP contribution < -0.4 is 5.32 Å². The first-order valence-electron chi connectivity index (χ1n) is 10.1. The molecule has 180 valence electrons. The van der Waals surface area contributed by atoms with Crippen molar-refractivity contribution >= 4 is 21.3 Å². The Bertz CT molecular complexity index is 1150. The number of hydrogen-bond acceptors (Lipinski definition) is 6. The van der Waals surface area contributed by atoms with Crippen LogP contribution in [0, 0.1) is 18.7 Å². The van der Waals surface area contributed by atoms with Gasteiger partial charge in [-0.05, 0) is 43.4 Å². The highest BCUT2D eigenvalue weighted by molar-refractivity contribution is 7.93. The Morgan fingerprint density at radius 1 is 1.24 bits per heavy atom. The lowest BCUT2D eigenvalue weighted by Crippen LogP contribution is -2.19. The van der Waals surface area contributed by atoms with E-state index in [2.05, 4.69) is 15.3 Å². The Morgan fingerprint density at radius 2 is 1.91 bits per heavy atom. The number of ketones is 1. The highest BCUT2D eigenvalue weighted by atomic mass is 32.2. The molecule has 0 spiro atoms. The third kappa shape index (κ3) is 7.62. The summed E-state index contributed by atoms with van der Waals surface area (Å²) >= 11 is 0. The van der Waals surface area contributed by atoms with Crippen LogP contribution in [0.4, 0.5) is 23.2 Å². The van der Waals surface area contributed by atoms with Gasteiger partial charge in [-0.1, -0.05) is 25.1 Å². The maximum Gasteiger partial charge on any atom is 0.435 e. The fraction of sp³-hybridized carbons (Fsp3) is 0.409. The smallest absolute Gasteiger partial charge is 0.376 e.